The summed E-state index contributed by atoms with van der Waals surface area (Å²) in [6.07, 6.45) is -4.59. The van der Waals surface area contributed by atoms with Gasteiger partial charge < -0.3 is 14.6 Å². The van der Waals surface area contributed by atoms with Crippen LogP contribution in [-0.2, 0) is 4.79 Å². The second-order valence-electron chi connectivity index (χ2n) is 4.55. The van der Waals surface area contributed by atoms with Crippen molar-refractivity contribution >= 4 is 5.97 Å². The van der Waals surface area contributed by atoms with Crippen LogP contribution >= 0.6 is 0 Å². The zero-order valence-electron chi connectivity index (χ0n) is 10.6. The number of aliphatic carboxylic acids is 1. The molecule has 0 spiro atoms. The van der Waals surface area contributed by atoms with E-state index < -0.39 is 24.0 Å². The van der Waals surface area contributed by atoms with E-state index in [1.807, 2.05) is 0 Å². The van der Waals surface area contributed by atoms with E-state index in [0.717, 1.165) is 6.92 Å². The van der Waals surface area contributed by atoms with Crippen LogP contribution in [0, 0.1) is 5.92 Å². The van der Waals surface area contributed by atoms with E-state index in [0.29, 0.717) is 12.4 Å². The van der Waals surface area contributed by atoms with Gasteiger partial charge in [-0.05, 0) is 17.7 Å². The van der Waals surface area contributed by atoms with Crippen molar-refractivity contribution < 1.29 is 32.5 Å². The van der Waals surface area contributed by atoms with Crippen LogP contribution in [-0.4, -0.2) is 30.5 Å². The van der Waals surface area contributed by atoms with Crippen LogP contribution in [0.2, 0.25) is 0 Å². The van der Waals surface area contributed by atoms with Gasteiger partial charge in [0.1, 0.15) is 13.2 Å². The van der Waals surface area contributed by atoms with Crippen molar-refractivity contribution in [2.24, 2.45) is 5.92 Å². The first kappa shape index (κ1) is 14.5. The van der Waals surface area contributed by atoms with Crippen LogP contribution < -0.4 is 9.47 Å². The van der Waals surface area contributed by atoms with Gasteiger partial charge in [0.05, 0.1) is 11.8 Å². The highest BCUT2D eigenvalue weighted by molar-refractivity contribution is 5.77. The number of ether oxygens (including phenoxy) is 2. The Balaban J connectivity index is 2.37. The molecule has 20 heavy (non-hydrogen) atoms. The molecule has 1 aliphatic rings. The van der Waals surface area contributed by atoms with Gasteiger partial charge in [0, 0.05) is 0 Å². The Morgan fingerprint density at radius 2 is 1.85 bits per heavy atom. The van der Waals surface area contributed by atoms with Crippen molar-refractivity contribution in [2.75, 3.05) is 13.2 Å². The highest BCUT2D eigenvalue weighted by atomic mass is 19.4. The molecule has 1 aliphatic heterocycles. The minimum Gasteiger partial charge on any atom is -0.486 e. The molecular weight excluding hydrogens is 277 g/mol. The summed E-state index contributed by atoms with van der Waals surface area (Å²) in [5.41, 5.74) is 0.0478. The lowest BCUT2D eigenvalue weighted by molar-refractivity contribution is -0.183. The van der Waals surface area contributed by atoms with Crippen molar-refractivity contribution in [1.29, 1.82) is 0 Å². The van der Waals surface area contributed by atoms with E-state index in [9.17, 15) is 18.0 Å². The van der Waals surface area contributed by atoms with Crippen LogP contribution in [0.5, 0.6) is 11.5 Å². The van der Waals surface area contributed by atoms with Crippen molar-refractivity contribution in [3.63, 3.8) is 0 Å². The standard InChI is InChI=1S/C13H13F3O4/c1-7(13(14,15)16)11(12(17)18)8-2-3-9-10(6-8)20-5-4-19-9/h2-3,6-7,11H,4-5H2,1H3,(H,17,18). The molecule has 110 valence electrons. The van der Waals surface area contributed by atoms with Crippen LogP contribution in [0.4, 0.5) is 13.2 Å². The molecule has 4 nitrogen and oxygen atoms in total. The number of hydrogen-bond donors (Lipinski definition) is 1. The third-order valence-corrected chi connectivity index (χ3v) is 3.21. The molecule has 1 aromatic carbocycles. The Morgan fingerprint density at radius 3 is 2.40 bits per heavy atom. The maximum atomic E-state index is 12.8. The van der Waals surface area contributed by atoms with Gasteiger partial charge in [-0.25, -0.2) is 0 Å². The Hall–Kier alpha value is -1.92. The van der Waals surface area contributed by atoms with E-state index in [-0.39, 0.29) is 17.9 Å². The first-order chi connectivity index (χ1) is 9.30. The molecule has 0 bridgehead atoms. The summed E-state index contributed by atoms with van der Waals surface area (Å²) in [5, 5.41) is 9.09. The fraction of sp³-hybridized carbons (Fsp3) is 0.462. The van der Waals surface area contributed by atoms with Gasteiger partial charge in [-0.2, -0.15) is 13.2 Å². The van der Waals surface area contributed by atoms with Gasteiger partial charge in [0.25, 0.3) is 0 Å². The number of carbonyl (C=O) groups is 1. The summed E-state index contributed by atoms with van der Waals surface area (Å²) in [6.45, 7) is 1.49. The van der Waals surface area contributed by atoms with Crippen LogP contribution in [0.1, 0.15) is 18.4 Å². The quantitative estimate of drug-likeness (QED) is 0.930. The third-order valence-electron chi connectivity index (χ3n) is 3.21. The fourth-order valence-electron chi connectivity index (χ4n) is 2.09. The lowest BCUT2D eigenvalue weighted by Crippen LogP contribution is -2.31. The molecule has 7 heteroatoms. The molecule has 0 amide bonds. The number of carboxylic acids is 1. The zero-order chi connectivity index (χ0) is 14.9. The molecule has 2 atom stereocenters. The molecule has 0 radical (unpaired) electrons. The predicted octanol–water partition coefficient (Wildman–Crippen LogP) is 2.82. The molecule has 1 heterocycles. The number of alkyl halides is 3. The number of halogens is 3. The van der Waals surface area contributed by atoms with E-state index in [4.69, 9.17) is 14.6 Å². The van der Waals surface area contributed by atoms with E-state index in [1.165, 1.54) is 18.2 Å². The van der Waals surface area contributed by atoms with Gasteiger partial charge in [-0.1, -0.05) is 13.0 Å². The van der Waals surface area contributed by atoms with Crippen molar-refractivity contribution in [3.05, 3.63) is 23.8 Å². The first-order valence-electron chi connectivity index (χ1n) is 6.00. The van der Waals surface area contributed by atoms with E-state index >= 15 is 0 Å². The molecule has 0 saturated carbocycles. The molecule has 0 saturated heterocycles. The Bertz CT molecular complexity index is 513. The second kappa shape index (κ2) is 5.22. The normalized spacial score (nSPS) is 17.4. The van der Waals surface area contributed by atoms with Crippen molar-refractivity contribution in [2.45, 2.75) is 19.0 Å². The predicted molar refractivity (Wildman–Crippen MR) is 63.0 cm³/mol. The average molecular weight is 290 g/mol. The van der Waals surface area contributed by atoms with Crippen LogP contribution in [0.15, 0.2) is 18.2 Å². The lowest BCUT2D eigenvalue weighted by Gasteiger charge is -2.25. The summed E-state index contributed by atoms with van der Waals surface area (Å²) in [7, 11) is 0. The number of fused-ring (bicyclic) bond motifs is 1. The Labute approximate surface area is 113 Å². The van der Waals surface area contributed by atoms with Gasteiger partial charge in [0.2, 0.25) is 0 Å². The fourth-order valence-corrected chi connectivity index (χ4v) is 2.09. The molecule has 0 fully saturated rings. The van der Waals surface area contributed by atoms with Gasteiger partial charge in [0.15, 0.2) is 11.5 Å². The second-order valence-corrected chi connectivity index (χ2v) is 4.55. The van der Waals surface area contributed by atoms with Crippen LogP contribution in [0.25, 0.3) is 0 Å². The number of benzene rings is 1. The van der Waals surface area contributed by atoms with Crippen molar-refractivity contribution in [1.82, 2.24) is 0 Å². The number of hydrogen-bond acceptors (Lipinski definition) is 3. The maximum Gasteiger partial charge on any atom is 0.392 e. The Morgan fingerprint density at radius 1 is 1.25 bits per heavy atom. The molecule has 2 rings (SSSR count). The highest BCUT2D eigenvalue weighted by Crippen LogP contribution is 2.40. The third kappa shape index (κ3) is 2.81. The van der Waals surface area contributed by atoms with Gasteiger partial charge in [-0.3, -0.25) is 4.79 Å². The summed E-state index contributed by atoms with van der Waals surface area (Å²) < 4.78 is 48.8. The topological polar surface area (TPSA) is 55.8 Å². The summed E-state index contributed by atoms with van der Waals surface area (Å²) in [4.78, 5) is 11.2. The lowest BCUT2D eigenvalue weighted by atomic mass is 9.86. The largest absolute Gasteiger partial charge is 0.486 e. The van der Waals surface area contributed by atoms with Gasteiger partial charge >= 0.3 is 12.1 Å². The number of rotatable bonds is 3. The smallest absolute Gasteiger partial charge is 0.392 e. The monoisotopic (exact) mass is 290 g/mol. The highest BCUT2D eigenvalue weighted by Gasteiger charge is 2.45. The molecular formula is C13H13F3O4. The summed E-state index contributed by atoms with van der Waals surface area (Å²) >= 11 is 0. The first-order valence-corrected chi connectivity index (χ1v) is 6.00. The van der Waals surface area contributed by atoms with E-state index in [1.54, 1.807) is 0 Å². The molecule has 0 aliphatic carbocycles. The minimum absolute atomic E-state index is 0.0478. The molecule has 0 aromatic heterocycles. The van der Waals surface area contributed by atoms with Gasteiger partial charge in [-0.15, -0.1) is 0 Å². The zero-order valence-corrected chi connectivity index (χ0v) is 10.6. The van der Waals surface area contributed by atoms with Crippen LogP contribution in [0.3, 0.4) is 0 Å². The number of carboxylic acid groups (broad SMARTS) is 1. The Kier molecular flexibility index (Phi) is 3.78. The summed E-state index contributed by atoms with van der Waals surface area (Å²) in [5.74, 6) is -4.52. The average Bonchev–Trinajstić information content (AvgIpc) is 2.37. The molecule has 1 N–H and O–H groups in total. The molecule has 2 unspecified atom stereocenters. The summed E-state index contributed by atoms with van der Waals surface area (Å²) in [6, 6.07) is 4.06. The van der Waals surface area contributed by atoms with Crippen molar-refractivity contribution in [3.8, 4) is 11.5 Å². The minimum atomic E-state index is -4.59. The maximum absolute atomic E-state index is 12.8. The van der Waals surface area contributed by atoms with E-state index in [2.05, 4.69) is 0 Å². The molecule has 1 aromatic rings. The SMILES string of the molecule is CC(C(C(=O)O)c1ccc2c(c1)OCCO2)C(F)(F)F.